The standard InChI is InChI=1S/C14H18FN2PS/c1-8-10(15)4-9(5-12(8)18)11-6-19-13(17-11)14(2,3)7-16/h4-6H,7,16,18H2,1-3H3. The number of hydrogen-bond acceptors (Lipinski definition) is 3. The van der Waals surface area contributed by atoms with Crippen LogP contribution in [0.15, 0.2) is 17.5 Å². The van der Waals surface area contributed by atoms with Gasteiger partial charge in [-0.15, -0.1) is 20.6 Å². The average molecular weight is 296 g/mol. The van der Waals surface area contributed by atoms with E-state index >= 15 is 0 Å². The molecule has 1 aromatic heterocycles. The summed E-state index contributed by atoms with van der Waals surface area (Å²) < 4.78 is 13.8. The number of aromatic nitrogens is 1. The Morgan fingerprint density at radius 1 is 1.42 bits per heavy atom. The molecule has 1 unspecified atom stereocenters. The monoisotopic (exact) mass is 296 g/mol. The zero-order valence-electron chi connectivity index (χ0n) is 11.3. The molecule has 5 heteroatoms. The largest absolute Gasteiger partial charge is 0.330 e. The lowest BCUT2D eigenvalue weighted by Crippen LogP contribution is -2.27. The van der Waals surface area contributed by atoms with Crippen LogP contribution in [0.4, 0.5) is 4.39 Å². The first-order chi connectivity index (χ1) is 8.85. The summed E-state index contributed by atoms with van der Waals surface area (Å²) in [5, 5.41) is 3.81. The third-order valence-electron chi connectivity index (χ3n) is 3.27. The topological polar surface area (TPSA) is 38.9 Å². The van der Waals surface area contributed by atoms with Crippen molar-refractivity contribution in [3.05, 3.63) is 33.9 Å². The van der Waals surface area contributed by atoms with Crippen molar-refractivity contribution in [3.63, 3.8) is 0 Å². The number of hydrogen-bond donors (Lipinski definition) is 1. The van der Waals surface area contributed by atoms with E-state index in [1.807, 2.05) is 11.4 Å². The van der Waals surface area contributed by atoms with Crippen LogP contribution in [0.2, 0.25) is 0 Å². The molecule has 2 rings (SSSR count). The van der Waals surface area contributed by atoms with Gasteiger partial charge in [0.1, 0.15) is 10.8 Å². The average Bonchev–Trinajstić information content (AvgIpc) is 2.85. The van der Waals surface area contributed by atoms with Crippen LogP contribution < -0.4 is 11.0 Å². The molecule has 0 aliphatic rings. The second-order valence-corrected chi connectivity index (χ2v) is 6.78. The lowest BCUT2D eigenvalue weighted by molar-refractivity contribution is 0.536. The van der Waals surface area contributed by atoms with Crippen LogP contribution in [0.1, 0.15) is 24.4 Å². The summed E-state index contributed by atoms with van der Waals surface area (Å²) in [6, 6.07) is 3.48. The van der Waals surface area contributed by atoms with Gasteiger partial charge in [0.15, 0.2) is 0 Å². The Morgan fingerprint density at radius 2 is 2.11 bits per heavy atom. The molecule has 0 aliphatic carbocycles. The number of benzene rings is 1. The van der Waals surface area contributed by atoms with Crippen LogP contribution in [0.5, 0.6) is 0 Å². The maximum Gasteiger partial charge on any atom is 0.127 e. The molecule has 0 amide bonds. The van der Waals surface area contributed by atoms with Gasteiger partial charge in [-0.05, 0) is 29.9 Å². The smallest absolute Gasteiger partial charge is 0.127 e. The first-order valence-corrected chi connectivity index (χ1v) is 7.53. The molecule has 0 saturated carbocycles. The molecule has 1 aromatic carbocycles. The van der Waals surface area contributed by atoms with Gasteiger partial charge < -0.3 is 5.73 Å². The number of nitrogens with two attached hydrogens (primary N) is 1. The number of thiazole rings is 1. The molecule has 2 nitrogen and oxygen atoms in total. The van der Waals surface area contributed by atoms with E-state index in [1.54, 1.807) is 18.3 Å². The van der Waals surface area contributed by atoms with Crippen LogP contribution >= 0.6 is 20.6 Å². The van der Waals surface area contributed by atoms with E-state index in [0.717, 1.165) is 21.6 Å². The zero-order chi connectivity index (χ0) is 14.2. The summed E-state index contributed by atoms with van der Waals surface area (Å²) in [5.41, 5.74) is 7.89. The van der Waals surface area contributed by atoms with Crippen molar-refractivity contribution in [1.29, 1.82) is 0 Å². The Kier molecular flexibility index (Phi) is 4.05. The summed E-state index contributed by atoms with van der Waals surface area (Å²) in [7, 11) is 2.56. The molecule has 0 bridgehead atoms. The summed E-state index contributed by atoms with van der Waals surface area (Å²) >= 11 is 1.57. The lowest BCUT2D eigenvalue weighted by atomic mass is 9.95. The fraction of sp³-hybridized carbons (Fsp3) is 0.357. The molecule has 1 heterocycles. The minimum atomic E-state index is -0.199. The van der Waals surface area contributed by atoms with E-state index in [9.17, 15) is 4.39 Å². The van der Waals surface area contributed by atoms with E-state index in [1.165, 1.54) is 6.07 Å². The molecular weight excluding hydrogens is 278 g/mol. The molecule has 19 heavy (non-hydrogen) atoms. The van der Waals surface area contributed by atoms with Gasteiger partial charge in [-0.1, -0.05) is 13.8 Å². The van der Waals surface area contributed by atoms with E-state index in [2.05, 4.69) is 28.1 Å². The fourth-order valence-electron chi connectivity index (χ4n) is 1.65. The van der Waals surface area contributed by atoms with Crippen molar-refractivity contribution < 1.29 is 4.39 Å². The first-order valence-electron chi connectivity index (χ1n) is 6.07. The summed E-state index contributed by atoms with van der Waals surface area (Å²) in [5.74, 6) is -0.199. The van der Waals surface area contributed by atoms with Crippen molar-refractivity contribution in [3.8, 4) is 11.3 Å². The highest BCUT2D eigenvalue weighted by Gasteiger charge is 2.23. The molecule has 102 valence electrons. The Labute approximate surface area is 119 Å². The van der Waals surface area contributed by atoms with E-state index in [0.29, 0.717) is 12.1 Å². The quantitative estimate of drug-likeness (QED) is 0.884. The molecule has 0 saturated heterocycles. The number of nitrogens with zero attached hydrogens (tertiary/aromatic N) is 1. The van der Waals surface area contributed by atoms with Crippen molar-refractivity contribution >= 4 is 25.9 Å². The second kappa shape index (κ2) is 5.28. The Morgan fingerprint density at radius 3 is 2.68 bits per heavy atom. The maximum atomic E-state index is 13.8. The van der Waals surface area contributed by atoms with Crippen molar-refractivity contribution in [2.24, 2.45) is 5.73 Å². The molecule has 1 atom stereocenters. The molecule has 0 radical (unpaired) electrons. The Hall–Kier alpha value is -0.830. The molecular formula is C14H18FN2PS. The van der Waals surface area contributed by atoms with Crippen LogP contribution in [-0.2, 0) is 5.41 Å². The number of halogens is 1. The summed E-state index contributed by atoms with van der Waals surface area (Å²) in [6.07, 6.45) is 0. The highest BCUT2D eigenvalue weighted by atomic mass is 32.1. The zero-order valence-corrected chi connectivity index (χ0v) is 13.3. The predicted molar refractivity (Wildman–Crippen MR) is 83.7 cm³/mol. The summed E-state index contributed by atoms with van der Waals surface area (Å²) in [6.45, 7) is 6.43. The Bertz CT molecular complexity index is 584. The SMILES string of the molecule is Cc1c(F)cc(-c2csc(C(C)(C)CN)n2)cc1P. The normalized spacial score (nSPS) is 11.9. The minimum absolute atomic E-state index is 0.143. The molecule has 2 aromatic rings. The third-order valence-corrected chi connectivity index (χ3v) is 5.08. The van der Waals surface area contributed by atoms with Crippen molar-refractivity contribution in [1.82, 2.24) is 4.98 Å². The van der Waals surface area contributed by atoms with Gasteiger partial charge in [0.05, 0.1) is 5.69 Å². The Balaban J connectivity index is 2.44. The maximum absolute atomic E-state index is 13.8. The van der Waals surface area contributed by atoms with Crippen LogP contribution in [0.25, 0.3) is 11.3 Å². The third kappa shape index (κ3) is 2.86. The summed E-state index contributed by atoms with van der Waals surface area (Å²) in [4.78, 5) is 4.60. The molecule has 0 fully saturated rings. The molecule has 0 spiro atoms. The lowest BCUT2D eigenvalue weighted by Gasteiger charge is -2.18. The molecule has 2 N–H and O–H groups in total. The van der Waals surface area contributed by atoms with Gasteiger partial charge >= 0.3 is 0 Å². The van der Waals surface area contributed by atoms with Gasteiger partial charge in [0.2, 0.25) is 0 Å². The van der Waals surface area contributed by atoms with E-state index in [-0.39, 0.29) is 11.2 Å². The van der Waals surface area contributed by atoms with E-state index in [4.69, 9.17) is 5.73 Å². The van der Waals surface area contributed by atoms with Gasteiger partial charge in [0, 0.05) is 22.9 Å². The number of rotatable bonds is 3. The van der Waals surface area contributed by atoms with Crippen LogP contribution in [0.3, 0.4) is 0 Å². The van der Waals surface area contributed by atoms with Crippen molar-refractivity contribution in [2.75, 3.05) is 6.54 Å². The first kappa shape index (κ1) is 14.6. The molecule has 0 aliphatic heterocycles. The second-order valence-electron chi connectivity index (χ2n) is 5.30. The van der Waals surface area contributed by atoms with Gasteiger partial charge in [-0.2, -0.15) is 0 Å². The van der Waals surface area contributed by atoms with Gasteiger partial charge in [0.25, 0.3) is 0 Å². The van der Waals surface area contributed by atoms with Gasteiger partial charge in [-0.3, -0.25) is 0 Å². The highest BCUT2D eigenvalue weighted by molar-refractivity contribution is 7.27. The minimum Gasteiger partial charge on any atom is -0.330 e. The van der Waals surface area contributed by atoms with Crippen LogP contribution in [-0.4, -0.2) is 11.5 Å². The van der Waals surface area contributed by atoms with E-state index < -0.39 is 0 Å². The van der Waals surface area contributed by atoms with Crippen LogP contribution in [0, 0.1) is 12.7 Å². The van der Waals surface area contributed by atoms with Crippen molar-refractivity contribution in [2.45, 2.75) is 26.2 Å². The highest BCUT2D eigenvalue weighted by Crippen LogP contribution is 2.30. The predicted octanol–water partition coefficient (Wildman–Crippen LogP) is 2.99. The fourth-order valence-corrected chi connectivity index (χ4v) is 2.94. The van der Waals surface area contributed by atoms with Gasteiger partial charge in [-0.25, -0.2) is 9.37 Å².